The average molecular weight is 234 g/mol. The summed E-state index contributed by atoms with van der Waals surface area (Å²) in [6, 6.07) is 3.14. The molecule has 0 aliphatic heterocycles. The van der Waals surface area contributed by atoms with E-state index in [2.05, 4.69) is 4.98 Å². The number of hydrogen-bond acceptors (Lipinski definition) is 3. The molecule has 0 radical (unpaired) electrons. The van der Waals surface area contributed by atoms with Crippen molar-refractivity contribution in [1.29, 1.82) is 0 Å². The summed E-state index contributed by atoms with van der Waals surface area (Å²) in [6.45, 7) is 6.01. The standard InChI is InChI=1S/C9H12ClNO2S/c1-9(2,3)8-5-4-7(6-11-8)14(10,12)13/h4-6H,1-3H3. The van der Waals surface area contributed by atoms with Gasteiger partial charge >= 0.3 is 0 Å². The van der Waals surface area contributed by atoms with Gasteiger partial charge < -0.3 is 0 Å². The smallest absolute Gasteiger partial charge is 0.259 e. The summed E-state index contributed by atoms with van der Waals surface area (Å²) in [5.41, 5.74) is 0.746. The summed E-state index contributed by atoms with van der Waals surface area (Å²) in [4.78, 5) is 4.09. The highest BCUT2D eigenvalue weighted by Gasteiger charge is 2.17. The van der Waals surface area contributed by atoms with E-state index < -0.39 is 9.05 Å². The zero-order chi connectivity index (χ0) is 11.0. The van der Waals surface area contributed by atoms with Crippen molar-refractivity contribution in [3.8, 4) is 0 Å². The topological polar surface area (TPSA) is 47.0 Å². The van der Waals surface area contributed by atoms with Crippen molar-refractivity contribution in [2.75, 3.05) is 0 Å². The minimum Gasteiger partial charge on any atom is -0.259 e. The average Bonchev–Trinajstić information content (AvgIpc) is 2.01. The summed E-state index contributed by atoms with van der Waals surface area (Å²) >= 11 is 0. The third-order valence-electron chi connectivity index (χ3n) is 1.79. The molecule has 0 bridgehead atoms. The Bertz CT molecular complexity index is 417. The lowest BCUT2D eigenvalue weighted by atomic mass is 9.92. The van der Waals surface area contributed by atoms with Crippen LogP contribution in [0, 0.1) is 0 Å². The van der Waals surface area contributed by atoms with E-state index in [9.17, 15) is 8.42 Å². The second kappa shape index (κ2) is 3.51. The lowest BCUT2D eigenvalue weighted by molar-refractivity contribution is 0.566. The van der Waals surface area contributed by atoms with Gasteiger partial charge in [-0.3, -0.25) is 4.98 Å². The van der Waals surface area contributed by atoms with Crippen LogP contribution in [0.15, 0.2) is 23.2 Å². The Morgan fingerprint density at radius 1 is 1.29 bits per heavy atom. The molecule has 0 fully saturated rings. The van der Waals surface area contributed by atoms with Crippen LogP contribution in [0.3, 0.4) is 0 Å². The van der Waals surface area contributed by atoms with E-state index in [0.717, 1.165) is 5.69 Å². The Morgan fingerprint density at radius 3 is 2.14 bits per heavy atom. The van der Waals surface area contributed by atoms with Gasteiger partial charge in [-0.25, -0.2) is 8.42 Å². The van der Waals surface area contributed by atoms with E-state index in [1.54, 1.807) is 6.07 Å². The predicted octanol–water partition coefficient (Wildman–Crippen LogP) is 2.31. The third kappa shape index (κ3) is 2.69. The highest BCUT2D eigenvalue weighted by molar-refractivity contribution is 8.13. The molecule has 5 heteroatoms. The molecule has 1 aromatic rings. The Kier molecular flexibility index (Phi) is 2.88. The van der Waals surface area contributed by atoms with E-state index in [1.165, 1.54) is 12.3 Å². The van der Waals surface area contributed by atoms with Crippen LogP contribution in [0.25, 0.3) is 0 Å². The molecule has 0 aromatic carbocycles. The minimum absolute atomic E-state index is 0.0344. The lowest BCUT2D eigenvalue weighted by Gasteiger charge is -2.17. The number of aromatic nitrogens is 1. The zero-order valence-corrected chi connectivity index (χ0v) is 9.85. The molecule has 0 saturated heterocycles. The molecule has 78 valence electrons. The molecule has 1 rings (SSSR count). The van der Waals surface area contributed by atoms with Gasteiger partial charge in [-0.05, 0) is 12.1 Å². The van der Waals surface area contributed by atoms with Crippen LogP contribution in [0.2, 0.25) is 0 Å². The summed E-state index contributed by atoms with van der Waals surface area (Å²) in [5.74, 6) is 0. The van der Waals surface area contributed by atoms with Crippen LogP contribution in [-0.2, 0) is 14.5 Å². The van der Waals surface area contributed by atoms with Crippen LogP contribution in [-0.4, -0.2) is 13.4 Å². The van der Waals surface area contributed by atoms with Crippen LogP contribution >= 0.6 is 10.7 Å². The van der Waals surface area contributed by atoms with Gasteiger partial charge in [0.2, 0.25) is 0 Å². The number of rotatable bonds is 1. The van der Waals surface area contributed by atoms with Crippen molar-refractivity contribution < 1.29 is 8.42 Å². The second-order valence-corrected chi connectivity index (χ2v) is 6.63. The molecule has 0 amide bonds. The first kappa shape index (κ1) is 11.5. The number of halogens is 1. The van der Waals surface area contributed by atoms with E-state index in [0.29, 0.717) is 0 Å². The molecular weight excluding hydrogens is 222 g/mol. The summed E-state index contributed by atoms with van der Waals surface area (Å²) in [5, 5.41) is 0. The quantitative estimate of drug-likeness (QED) is 0.700. The van der Waals surface area contributed by atoms with E-state index in [-0.39, 0.29) is 10.3 Å². The van der Waals surface area contributed by atoms with Gasteiger partial charge in [-0.1, -0.05) is 20.8 Å². The normalized spacial score (nSPS) is 12.9. The zero-order valence-electron chi connectivity index (χ0n) is 8.28. The maximum absolute atomic E-state index is 10.9. The van der Waals surface area contributed by atoms with E-state index in [4.69, 9.17) is 10.7 Å². The van der Waals surface area contributed by atoms with E-state index >= 15 is 0 Å². The minimum atomic E-state index is -3.66. The SMILES string of the molecule is CC(C)(C)c1ccc(S(=O)(=O)Cl)cn1. The third-order valence-corrected chi connectivity index (χ3v) is 3.13. The van der Waals surface area contributed by atoms with Crippen molar-refractivity contribution in [2.24, 2.45) is 0 Å². The molecular formula is C9H12ClNO2S. The Morgan fingerprint density at radius 2 is 1.86 bits per heavy atom. The molecule has 1 heterocycles. The number of hydrogen-bond donors (Lipinski definition) is 0. The number of nitrogens with zero attached hydrogens (tertiary/aromatic N) is 1. The summed E-state index contributed by atoms with van der Waals surface area (Å²) < 4.78 is 21.8. The van der Waals surface area contributed by atoms with Crippen LogP contribution in [0.5, 0.6) is 0 Å². The summed E-state index contributed by atoms with van der Waals surface area (Å²) in [6.07, 6.45) is 1.28. The van der Waals surface area contributed by atoms with Crippen molar-refractivity contribution in [3.05, 3.63) is 24.0 Å². The maximum Gasteiger partial charge on any atom is 0.262 e. The fourth-order valence-corrected chi connectivity index (χ4v) is 1.65. The van der Waals surface area contributed by atoms with Crippen molar-refractivity contribution in [2.45, 2.75) is 31.1 Å². The first-order valence-electron chi connectivity index (χ1n) is 4.12. The van der Waals surface area contributed by atoms with Gasteiger partial charge in [0.15, 0.2) is 0 Å². The fourth-order valence-electron chi connectivity index (χ4n) is 0.968. The van der Waals surface area contributed by atoms with Crippen LogP contribution < -0.4 is 0 Å². The fraction of sp³-hybridized carbons (Fsp3) is 0.444. The molecule has 0 saturated carbocycles. The second-order valence-electron chi connectivity index (χ2n) is 4.07. The van der Waals surface area contributed by atoms with Crippen molar-refractivity contribution >= 4 is 19.7 Å². The first-order chi connectivity index (χ1) is 6.21. The van der Waals surface area contributed by atoms with Gasteiger partial charge in [-0.15, -0.1) is 0 Å². The molecule has 0 aliphatic carbocycles. The molecule has 0 aliphatic rings. The van der Waals surface area contributed by atoms with Gasteiger partial charge in [0.1, 0.15) is 4.90 Å². The summed E-state index contributed by atoms with van der Waals surface area (Å²) in [7, 11) is 1.50. The number of pyridine rings is 1. The van der Waals surface area contributed by atoms with Gasteiger partial charge in [0.25, 0.3) is 9.05 Å². The van der Waals surface area contributed by atoms with Crippen LogP contribution in [0.4, 0.5) is 0 Å². The maximum atomic E-state index is 10.9. The van der Waals surface area contributed by atoms with E-state index in [1.807, 2.05) is 20.8 Å². The molecule has 0 atom stereocenters. The highest BCUT2D eigenvalue weighted by Crippen LogP contribution is 2.21. The van der Waals surface area contributed by atoms with Gasteiger partial charge in [-0.2, -0.15) is 0 Å². The van der Waals surface area contributed by atoms with Crippen molar-refractivity contribution in [1.82, 2.24) is 4.98 Å². The Labute approximate surface area is 88.5 Å². The first-order valence-corrected chi connectivity index (χ1v) is 6.43. The Hall–Kier alpha value is -0.610. The lowest BCUT2D eigenvalue weighted by Crippen LogP contribution is -2.13. The predicted molar refractivity (Wildman–Crippen MR) is 56.0 cm³/mol. The van der Waals surface area contributed by atoms with Gasteiger partial charge in [0.05, 0.1) is 0 Å². The van der Waals surface area contributed by atoms with Gasteiger partial charge in [0, 0.05) is 28.0 Å². The van der Waals surface area contributed by atoms with Crippen LogP contribution in [0.1, 0.15) is 26.5 Å². The monoisotopic (exact) mass is 233 g/mol. The molecule has 1 aromatic heterocycles. The Balaban J connectivity index is 3.14. The molecule has 14 heavy (non-hydrogen) atoms. The van der Waals surface area contributed by atoms with Crippen molar-refractivity contribution in [3.63, 3.8) is 0 Å². The molecule has 3 nitrogen and oxygen atoms in total. The molecule has 0 spiro atoms. The largest absolute Gasteiger partial charge is 0.262 e. The molecule has 0 N–H and O–H groups in total. The molecule has 0 unspecified atom stereocenters. The highest BCUT2D eigenvalue weighted by atomic mass is 35.7.